The zero-order chi connectivity index (χ0) is 11.4. The van der Waals surface area contributed by atoms with E-state index in [0.29, 0.717) is 18.7 Å². The number of nitrogens with one attached hydrogen (secondary N) is 1. The molecule has 1 aliphatic heterocycles. The van der Waals surface area contributed by atoms with Crippen LogP contribution in [-0.4, -0.2) is 32.0 Å². The van der Waals surface area contributed by atoms with E-state index in [2.05, 4.69) is 11.4 Å². The maximum atomic E-state index is 11.5. The molecule has 0 amide bonds. The molecule has 0 spiro atoms. The van der Waals surface area contributed by atoms with E-state index in [9.17, 15) is 4.79 Å². The fourth-order valence-corrected chi connectivity index (χ4v) is 1.78. The number of carbonyl (C=O) groups is 1. The van der Waals surface area contributed by atoms with Gasteiger partial charge < -0.3 is 10.2 Å². The second-order valence-electron chi connectivity index (χ2n) is 3.80. The van der Waals surface area contributed by atoms with E-state index in [1.807, 2.05) is 23.1 Å². The van der Waals surface area contributed by atoms with E-state index in [4.69, 9.17) is 5.26 Å². The van der Waals surface area contributed by atoms with Crippen molar-refractivity contribution >= 4 is 11.5 Å². The molecule has 1 aromatic rings. The predicted molar refractivity (Wildman–Crippen MR) is 61.2 cm³/mol. The van der Waals surface area contributed by atoms with E-state index < -0.39 is 0 Å². The molecule has 0 unspecified atom stereocenters. The summed E-state index contributed by atoms with van der Waals surface area (Å²) in [5.74, 6) is 0.180. The molecule has 82 valence electrons. The lowest BCUT2D eigenvalue weighted by molar-refractivity contribution is -0.116. The molecular formula is C12H13N3O. The van der Waals surface area contributed by atoms with Gasteiger partial charge in [0.1, 0.15) is 0 Å². The third-order valence-corrected chi connectivity index (χ3v) is 2.59. The molecule has 1 aromatic carbocycles. The summed E-state index contributed by atoms with van der Waals surface area (Å²) in [6, 6.07) is 9.46. The van der Waals surface area contributed by atoms with Crippen molar-refractivity contribution in [3.05, 3.63) is 29.8 Å². The lowest BCUT2D eigenvalue weighted by Gasteiger charge is -2.21. The van der Waals surface area contributed by atoms with Gasteiger partial charge in [-0.1, -0.05) is 6.07 Å². The zero-order valence-corrected chi connectivity index (χ0v) is 8.94. The summed E-state index contributed by atoms with van der Waals surface area (Å²) in [6.45, 7) is 2.44. The molecule has 1 saturated heterocycles. The van der Waals surface area contributed by atoms with Crippen LogP contribution in [-0.2, 0) is 4.79 Å². The van der Waals surface area contributed by atoms with Crippen molar-refractivity contribution in [3.63, 3.8) is 0 Å². The zero-order valence-electron chi connectivity index (χ0n) is 8.94. The Balaban J connectivity index is 2.21. The number of benzene rings is 1. The highest BCUT2D eigenvalue weighted by Crippen LogP contribution is 2.15. The monoisotopic (exact) mass is 215 g/mol. The summed E-state index contributed by atoms with van der Waals surface area (Å²) in [7, 11) is 0. The van der Waals surface area contributed by atoms with Crippen LogP contribution < -0.4 is 10.2 Å². The first-order chi connectivity index (χ1) is 7.79. The molecule has 1 N–H and O–H groups in total. The summed E-state index contributed by atoms with van der Waals surface area (Å²) in [4.78, 5) is 13.5. The molecule has 4 heteroatoms. The highest BCUT2D eigenvalue weighted by molar-refractivity contribution is 5.85. The minimum Gasteiger partial charge on any atom is -0.363 e. The Morgan fingerprint density at radius 1 is 1.44 bits per heavy atom. The largest absolute Gasteiger partial charge is 0.363 e. The normalized spacial score (nSPS) is 16.7. The van der Waals surface area contributed by atoms with E-state index >= 15 is 0 Å². The van der Waals surface area contributed by atoms with Crippen LogP contribution in [0.3, 0.4) is 0 Å². The van der Waals surface area contributed by atoms with Gasteiger partial charge in [-0.3, -0.25) is 4.79 Å². The van der Waals surface area contributed by atoms with Gasteiger partial charge in [0, 0.05) is 18.8 Å². The Hall–Kier alpha value is -1.86. The highest BCUT2D eigenvalue weighted by atomic mass is 16.1. The van der Waals surface area contributed by atoms with Gasteiger partial charge in [0.25, 0.3) is 0 Å². The van der Waals surface area contributed by atoms with Crippen LogP contribution in [0.2, 0.25) is 0 Å². The SMILES string of the molecule is N#Cc1cccc(N2CCNCC(=O)C2)c1. The summed E-state index contributed by atoms with van der Waals surface area (Å²) in [5, 5.41) is 11.9. The maximum absolute atomic E-state index is 11.5. The molecule has 16 heavy (non-hydrogen) atoms. The van der Waals surface area contributed by atoms with Crippen LogP contribution in [0, 0.1) is 11.3 Å². The summed E-state index contributed by atoms with van der Waals surface area (Å²) in [6.07, 6.45) is 0. The van der Waals surface area contributed by atoms with Gasteiger partial charge in [-0.2, -0.15) is 5.26 Å². The molecule has 0 atom stereocenters. The Morgan fingerprint density at radius 2 is 2.31 bits per heavy atom. The van der Waals surface area contributed by atoms with E-state index in [1.54, 1.807) is 6.07 Å². The van der Waals surface area contributed by atoms with Crippen molar-refractivity contribution in [1.82, 2.24) is 5.32 Å². The molecule has 1 aliphatic rings. The van der Waals surface area contributed by atoms with Crippen molar-refractivity contribution in [2.75, 3.05) is 31.1 Å². The minimum atomic E-state index is 0.180. The van der Waals surface area contributed by atoms with Gasteiger partial charge in [0.2, 0.25) is 0 Å². The van der Waals surface area contributed by atoms with Crippen LogP contribution >= 0.6 is 0 Å². The van der Waals surface area contributed by atoms with Gasteiger partial charge in [-0.05, 0) is 18.2 Å². The summed E-state index contributed by atoms with van der Waals surface area (Å²) >= 11 is 0. The number of nitrogens with zero attached hydrogens (tertiary/aromatic N) is 2. The number of rotatable bonds is 1. The quantitative estimate of drug-likeness (QED) is 0.742. The van der Waals surface area contributed by atoms with Crippen LogP contribution in [0.1, 0.15) is 5.56 Å². The van der Waals surface area contributed by atoms with Crippen molar-refractivity contribution < 1.29 is 4.79 Å². The summed E-state index contributed by atoms with van der Waals surface area (Å²) in [5.41, 5.74) is 1.57. The molecule has 4 nitrogen and oxygen atoms in total. The molecule has 0 radical (unpaired) electrons. The predicted octanol–water partition coefficient (Wildman–Crippen LogP) is 0.537. The van der Waals surface area contributed by atoms with E-state index in [-0.39, 0.29) is 5.78 Å². The first kappa shape index (κ1) is 10.7. The summed E-state index contributed by atoms with van der Waals surface area (Å²) < 4.78 is 0. The average Bonchev–Trinajstić information content (AvgIpc) is 2.54. The van der Waals surface area contributed by atoms with Gasteiger partial charge >= 0.3 is 0 Å². The lowest BCUT2D eigenvalue weighted by Crippen LogP contribution is -2.29. The van der Waals surface area contributed by atoms with Gasteiger partial charge in [-0.25, -0.2) is 0 Å². The van der Waals surface area contributed by atoms with Crippen LogP contribution in [0.4, 0.5) is 5.69 Å². The molecule has 1 fully saturated rings. The van der Waals surface area contributed by atoms with Gasteiger partial charge in [0.15, 0.2) is 5.78 Å². The van der Waals surface area contributed by atoms with Crippen molar-refractivity contribution in [2.24, 2.45) is 0 Å². The Bertz CT molecular complexity index is 436. The molecule has 0 aliphatic carbocycles. The van der Waals surface area contributed by atoms with Crippen molar-refractivity contribution in [3.8, 4) is 6.07 Å². The number of anilines is 1. The number of hydrogen-bond donors (Lipinski definition) is 1. The fourth-order valence-electron chi connectivity index (χ4n) is 1.78. The van der Waals surface area contributed by atoms with Crippen LogP contribution in [0.15, 0.2) is 24.3 Å². The Morgan fingerprint density at radius 3 is 3.12 bits per heavy atom. The second-order valence-corrected chi connectivity index (χ2v) is 3.80. The standard InChI is InChI=1S/C12H13N3O/c13-7-10-2-1-3-11(6-10)15-5-4-14-8-12(16)9-15/h1-3,6,14H,4-5,8-9H2. The average molecular weight is 215 g/mol. The number of ketones is 1. The van der Waals surface area contributed by atoms with Crippen molar-refractivity contribution in [2.45, 2.75) is 0 Å². The molecule has 0 saturated carbocycles. The van der Waals surface area contributed by atoms with Crippen LogP contribution in [0.5, 0.6) is 0 Å². The van der Waals surface area contributed by atoms with Crippen LogP contribution in [0.25, 0.3) is 0 Å². The Labute approximate surface area is 94.5 Å². The number of hydrogen-bond acceptors (Lipinski definition) is 4. The number of carbonyl (C=O) groups excluding carboxylic acids is 1. The van der Waals surface area contributed by atoms with Crippen molar-refractivity contribution in [1.29, 1.82) is 5.26 Å². The maximum Gasteiger partial charge on any atom is 0.165 e. The third kappa shape index (κ3) is 2.38. The van der Waals surface area contributed by atoms with E-state index in [0.717, 1.165) is 18.8 Å². The topological polar surface area (TPSA) is 56.1 Å². The third-order valence-electron chi connectivity index (χ3n) is 2.59. The van der Waals surface area contributed by atoms with Gasteiger partial charge in [0.05, 0.1) is 24.7 Å². The first-order valence-corrected chi connectivity index (χ1v) is 5.27. The molecular weight excluding hydrogens is 202 g/mol. The number of nitriles is 1. The molecule has 1 heterocycles. The highest BCUT2D eigenvalue weighted by Gasteiger charge is 2.14. The second kappa shape index (κ2) is 4.77. The minimum absolute atomic E-state index is 0.180. The smallest absolute Gasteiger partial charge is 0.165 e. The van der Waals surface area contributed by atoms with E-state index in [1.165, 1.54) is 0 Å². The fraction of sp³-hybridized carbons (Fsp3) is 0.333. The van der Waals surface area contributed by atoms with Gasteiger partial charge in [-0.15, -0.1) is 0 Å². The Kier molecular flexibility index (Phi) is 3.18. The molecule has 2 rings (SSSR count). The molecule has 0 bridgehead atoms. The first-order valence-electron chi connectivity index (χ1n) is 5.27. The molecule has 0 aromatic heterocycles. The lowest BCUT2D eigenvalue weighted by atomic mass is 10.2. The number of Topliss-reactive ketones (excluding diaryl/α,β-unsaturated/α-hetero) is 1.